The third-order valence-electron chi connectivity index (χ3n) is 5.83. The van der Waals surface area contributed by atoms with Crippen LogP contribution in [0.15, 0.2) is 23.1 Å². The average molecular weight is 420 g/mol. The highest BCUT2D eigenvalue weighted by molar-refractivity contribution is 7.89. The Hall–Kier alpha value is -2.46. The minimum absolute atomic E-state index is 0.0185. The van der Waals surface area contributed by atoms with E-state index in [0.29, 0.717) is 35.9 Å². The minimum Gasteiger partial charge on any atom is -0.348 e. The van der Waals surface area contributed by atoms with Crippen LogP contribution >= 0.6 is 0 Å². The summed E-state index contributed by atoms with van der Waals surface area (Å²) >= 11 is 0. The number of rotatable bonds is 5. The second-order valence-corrected chi connectivity index (χ2v) is 9.47. The van der Waals surface area contributed by atoms with E-state index in [9.17, 15) is 18.5 Å². The van der Waals surface area contributed by atoms with Gasteiger partial charge in [-0.15, -0.1) is 0 Å². The number of anilines is 1. The quantitative estimate of drug-likeness (QED) is 0.542. The van der Waals surface area contributed by atoms with Gasteiger partial charge in [-0.1, -0.05) is 13.0 Å². The highest BCUT2D eigenvalue weighted by atomic mass is 32.2. The highest BCUT2D eigenvalue weighted by Gasteiger charge is 2.34. The van der Waals surface area contributed by atoms with Gasteiger partial charge in [-0.2, -0.15) is 9.40 Å². The fourth-order valence-electron chi connectivity index (χ4n) is 4.34. The van der Waals surface area contributed by atoms with Gasteiger partial charge in [-0.05, 0) is 48.9 Å². The van der Waals surface area contributed by atoms with Crippen LogP contribution in [0.25, 0.3) is 0 Å². The van der Waals surface area contributed by atoms with E-state index in [1.807, 2.05) is 24.0 Å². The van der Waals surface area contributed by atoms with E-state index in [1.54, 1.807) is 13.1 Å². The van der Waals surface area contributed by atoms with Crippen molar-refractivity contribution in [2.24, 2.45) is 7.05 Å². The van der Waals surface area contributed by atoms with Gasteiger partial charge in [0.05, 0.1) is 9.82 Å². The molecule has 1 saturated heterocycles. The summed E-state index contributed by atoms with van der Waals surface area (Å²) in [4.78, 5) is 13.4. The monoisotopic (exact) mass is 419 g/mol. The van der Waals surface area contributed by atoms with Gasteiger partial charge in [0.2, 0.25) is 15.8 Å². The number of benzene rings is 1. The van der Waals surface area contributed by atoms with Crippen molar-refractivity contribution in [3.05, 3.63) is 45.1 Å². The van der Waals surface area contributed by atoms with Crippen molar-refractivity contribution in [1.82, 2.24) is 14.1 Å². The van der Waals surface area contributed by atoms with E-state index >= 15 is 0 Å². The smallest absolute Gasteiger partial charge is 0.334 e. The number of fused-ring (bicyclic) bond motifs is 1. The van der Waals surface area contributed by atoms with E-state index in [0.717, 1.165) is 24.8 Å². The fourth-order valence-corrected chi connectivity index (χ4v) is 5.81. The topological polar surface area (TPSA) is 102 Å². The normalized spacial score (nSPS) is 17.5. The van der Waals surface area contributed by atoms with Crippen LogP contribution in [0.2, 0.25) is 0 Å². The van der Waals surface area contributed by atoms with E-state index in [2.05, 4.69) is 5.10 Å². The molecule has 0 amide bonds. The zero-order valence-corrected chi connectivity index (χ0v) is 17.5. The summed E-state index contributed by atoms with van der Waals surface area (Å²) in [5, 5.41) is 15.9. The van der Waals surface area contributed by atoms with Crippen LogP contribution in [-0.2, 0) is 36.3 Å². The fraction of sp³-hybridized carbons (Fsp3) is 0.526. The molecule has 29 heavy (non-hydrogen) atoms. The Morgan fingerprint density at radius 3 is 2.48 bits per heavy atom. The Labute approximate surface area is 170 Å². The molecule has 0 atom stereocenters. The molecule has 1 aromatic heterocycles. The number of sulfonamides is 1. The Morgan fingerprint density at radius 1 is 1.14 bits per heavy atom. The number of hydrogen-bond donors (Lipinski definition) is 0. The van der Waals surface area contributed by atoms with Crippen LogP contribution in [-0.4, -0.2) is 53.6 Å². The van der Waals surface area contributed by atoms with Crippen LogP contribution in [0.5, 0.6) is 0 Å². The standard InChI is InChI=1S/C19H25N5O4S/c1-3-17-18(24(25)26)19(21(2)20-17)22-9-11-23(12-10-22)29(27,28)16-8-7-14-5-4-6-15(14)13-16/h7-8,13H,3-6,9-12H2,1-2H3. The van der Waals surface area contributed by atoms with E-state index in [-0.39, 0.29) is 18.8 Å². The maximum absolute atomic E-state index is 13.1. The van der Waals surface area contributed by atoms with Crippen molar-refractivity contribution < 1.29 is 13.3 Å². The van der Waals surface area contributed by atoms with E-state index < -0.39 is 14.9 Å². The molecule has 2 aromatic rings. The first-order chi connectivity index (χ1) is 13.8. The third kappa shape index (κ3) is 3.40. The molecule has 156 valence electrons. The molecule has 2 heterocycles. The Bertz CT molecular complexity index is 1050. The molecule has 0 bridgehead atoms. The summed E-state index contributed by atoms with van der Waals surface area (Å²) in [6.07, 6.45) is 3.48. The lowest BCUT2D eigenvalue weighted by Crippen LogP contribution is -2.49. The van der Waals surface area contributed by atoms with Crippen LogP contribution < -0.4 is 4.90 Å². The first-order valence-electron chi connectivity index (χ1n) is 9.90. The number of aryl methyl sites for hydroxylation is 4. The minimum atomic E-state index is -3.57. The van der Waals surface area contributed by atoms with Gasteiger partial charge < -0.3 is 4.90 Å². The summed E-state index contributed by atoms with van der Waals surface area (Å²) < 4.78 is 29.2. The molecule has 0 unspecified atom stereocenters. The van der Waals surface area contributed by atoms with Crippen LogP contribution in [0.1, 0.15) is 30.2 Å². The lowest BCUT2D eigenvalue weighted by Gasteiger charge is -2.34. The molecule has 1 aliphatic carbocycles. The molecule has 0 spiro atoms. The number of piperazine rings is 1. The zero-order chi connectivity index (χ0) is 20.8. The second kappa shape index (κ2) is 7.42. The maximum Gasteiger partial charge on any atom is 0.334 e. The summed E-state index contributed by atoms with van der Waals surface area (Å²) in [6.45, 7) is 3.16. The van der Waals surface area contributed by atoms with Crippen molar-refractivity contribution >= 4 is 21.5 Å². The Morgan fingerprint density at radius 2 is 1.83 bits per heavy atom. The third-order valence-corrected chi connectivity index (χ3v) is 7.72. The number of hydrogen-bond acceptors (Lipinski definition) is 6. The molecule has 2 aliphatic rings. The summed E-state index contributed by atoms with van der Waals surface area (Å²) in [7, 11) is -1.89. The summed E-state index contributed by atoms with van der Waals surface area (Å²) in [5.74, 6) is 0.446. The largest absolute Gasteiger partial charge is 0.348 e. The van der Waals surface area contributed by atoms with Gasteiger partial charge in [0.15, 0.2) is 0 Å². The summed E-state index contributed by atoms with van der Waals surface area (Å²) in [5.41, 5.74) is 2.83. The molecular weight excluding hydrogens is 394 g/mol. The van der Waals surface area contributed by atoms with Gasteiger partial charge in [-0.25, -0.2) is 13.1 Å². The zero-order valence-electron chi connectivity index (χ0n) is 16.7. The first kappa shape index (κ1) is 19.8. The van der Waals surface area contributed by atoms with E-state index in [1.165, 1.54) is 14.6 Å². The van der Waals surface area contributed by atoms with E-state index in [4.69, 9.17) is 0 Å². The summed E-state index contributed by atoms with van der Waals surface area (Å²) in [6, 6.07) is 5.44. The van der Waals surface area contributed by atoms with Gasteiger partial charge in [0, 0.05) is 33.2 Å². The molecule has 4 rings (SSSR count). The van der Waals surface area contributed by atoms with Crippen LogP contribution in [0.3, 0.4) is 0 Å². The van der Waals surface area contributed by atoms with Gasteiger partial charge in [0.25, 0.3) is 0 Å². The predicted molar refractivity (Wildman–Crippen MR) is 109 cm³/mol. The molecule has 9 nitrogen and oxygen atoms in total. The SMILES string of the molecule is CCc1nn(C)c(N2CCN(S(=O)(=O)c3ccc4c(c3)CCC4)CC2)c1[N+](=O)[O-]. The number of nitrogens with zero attached hydrogens (tertiary/aromatic N) is 5. The second-order valence-electron chi connectivity index (χ2n) is 7.53. The van der Waals surface area contributed by atoms with Gasteiger partial charge >= 0.3 is 5.69 Å². The first-order valence-corrected chi connectivity index (χ1v) is 11.3. The van der Waals surface area contributed by atoms with Crippen molar-refractivity contribution in [3.63, 3.8) is 0 Å². The van der Waals surface area contributed by atoms with Crippen LogP contribution in [0, 0.1) is 10.1 Å². The predicted octanol–water partition coefficient (Wildman–Crippen LogP) is 1.89. The molecule has 1 aromatic carbocycles. The van der Waals surface area contributed by atoms with Crippen molar-refractivity contribution in [2.45, 2.75) is 37.5 Å². The van der Waals surface area contributed by atoms with Crippen LogP contribution in [0.4, 0.5) is 11.5 Å². The molecule has 0 saturated carbocycles. The number of nitro groups is 1. The Kier molecular flexibility index (Phi) is 5.07. The average Bonchev–Trinajstić information content (AvgIpc) is 3.31. The molecule has 1 aliphatic heterocycles. The van der Waals surface area contributed by atoms with Gasteiger partial charge in [-0.3, -0.25) is 10.1 Å². The van der Waals surface area contributed by atoms with Crippen molar-refractivity contribution in [3.8, 4) is 0 Å². The van der Waals surface area contributed by atoms with Crippen molar-refractivity contribution in [2.75, 3.05) is 31.1 Å². The van der Waals surface area contributed by atoms with Crippen molar-refractivity contribution in [1.29, 1.82) is 0 Å². The lowest BCUT2D eigenvalue weighted by atomic mass is 10.1. The molecule has 0 N–H and O–H groups in total. The number of aromatic nitrogens is 2. The molecule has 1 fully saturated rings. The molecular formula is C19H25N5O4S. The van der Waals surface area contributed by atoms with Gasteiger partial charge in [0.1, 0.15) is 5.69 Å². The maximum atomic E-state index is 13.1. The molecule has 10 heteroatoms. The molecule has 0 radical (unpaired) electrons. The lowest BCUT2D eigenvalue weighted by molar-refractivity contribution is -0.384. The Balaban J connectivity index is 1.54. The highest BCUT2D eigenvalue weighted by Crippen LogP contribution is 2.33.